The molecule has 0 spiro atoms. The van der Waals surface area contributed by atoms with Crippen LogP contribution in [0.25, 0.3) is 11.0 Å². The van der Waals surface area contributed by atoms with Crippen LogP contribution >= 0.6 is 0 Å². The van der Waals surface area contributed by atoms with Gasteiger partial charge in [0.2, 0.25) is 0 Å². The van der Waals surface area contributed by atoms with Gasteiger partial charge in [0, 0.05) is 18.0 Å². The van der Waals surface area contributed by atoms with Gasteiger partial charge in [0.15, 0.2) is 0 Å². The van der Waals surface area contributed by atoms with Crippen LogP contribution in [0, 0.1) is 11.6 Å². The molecule has 2 aromatic carbocycles. The van der Waals surface area contributed by atoms with E-state index in [0.717, 1.165) is 23.1 Å². The maximum Gasteiger partial charge on any atom is 0.341 e. The lowest BCUT2D eigenvalue weighted by atomic mass is 9.97. The summed E-state index contributed by atoms with van der Waals surface area (Å²) in [6, 6.07) is 8.44. The summed E-state index contributed by atoms with van der Waals surface area (Å²) in [4.78, 5) is 26.3. The zero-order valence-electron chi connectivity index (χ0n) is 14.4. The molecule has 0 unspecified atom stereocenters. The van der Waals surface area contributed by atoms with Crippen LogP contribution in [0.1, 0.15) is 21.5 Å². The minimum absolute atomic E-state index is 0.0633. The molecule has 0 saturated heterocycles. The summed E-state index contributed by atoms with van der Waals surface area (Å²) < 4.78 is 38.4. The number of methoxy groups -OCH3 is 1. The van der Waals surface area contributed by atoms with Crippen molar-refractivity contribution < 1.29 is 22.7 Å². The van der Waals surface area contributed by atoms with E-state index in [1.165, 1.54) is 18.1 Å². The predicted octanol–water partition coefficient (Wildman–Crippen LogP) is 3.28. The Morgan fingerprint density at radius 2 is 1.89 bits per heavy atom. The van der Waals surface area contributed by atoms with Crippen molar-refractivity contribution in [2.75, 3.05) is 13.7 Å². The summed E-state index contributed by atoms with van der Waals surface area (Å²) in [5, 5.41) is 0.759. The number of carbonyl (C=O) groups is 1. The van der Waals surface area contributed by atoms with Crippen molar-refractivity contribution in [3.05, 3.63) is 75.1 Å². The van der Waals surface area contributed by atoms with Gasteiger partial charge >= 0.3 is 5.63 Å². The van der Waals surface area contributed by atoms with Gasteiger partial charge in [-0.1, -0.05) is 6.07 Å². The Hall–Kier alpha value is -3.22. The number of rotatable bonds is 2. The van der Waals surface area contributed by atoms with Crippen molar-refractivity contribution in [3.8, 4) is 5.75 Å². The molecule has 1 aliphatic heterocycles. The van der Waals surface area contributed by atoms with E-state index in [0.29, 0.717) is 23.3 Å². The molecule has 0 saturated carbocycles. The van der Waals surface area contributed by atoms with Crippen LogP contribution in [0.2, 0.25) is 0 Å². The second kappa shape index (κ2) is 6.50. The van der Waals surface area contributed by atoms with Gasteiger partial charge in [0.25, 0.3) is 5.91 Å². The summed E-state index contributed by atoms with van der Waals surface area (Å²) in [6.07, 6.45) is 0.381. The largest absolute Gasteiger partial charge is 0.497 e. The standard InChI is InChI=1S/C20H15F2NO4/c1-26-11-5-6-13-12-7-8-23(10-14(12)20(25)27-17(13)9-11)19(24)18-15(21)3-2-4-16(18)22/h2-6,9H,7-8,10H2,1H3. The molecule has 1 amide bonds. The molecular weight excluding hydrogens is 356 g/mol. The fourth-order valence-corrected chi connectivity index (χ4v) is 3.41. The average molecular weight is 371 g/mol. The number of fused-ring (bicyclic) bond motifs is 3. The van der Waals surface area contributed by atoms with Gasteiger partial charge in [-0.25, -0.2) is 13.6 Å². The minimum Gasteiger partial charge on any atom is -0.497 e. The van der Waals surface area contributed by atoms with Gasteiger partial charge in [0.1, 0.15) is 28.5 Å². The normalized spacial score (nSPS) is 13.5. The zero-order chi connectivity index (χ0) is 19.1. The van der Waals surface area contributed by atoms with Crippen molar-refractivity contribution in [2.45, 2.75) is 13.0 Å². The average Bonchev–Trinajstić information content (AvgIpc) is 2.67. The fourth-order valence-electron chi connectivity index (χ4n) is 3.41. The number of halogens is 2. The van der Waals surface area contributed by atoms with Crippen molar-refractivity contribution in [1.82, 2.24) is 4.90 Å². The van der Waals surface area contributed by atoms with Crippen molar-refractivity contribution in [3.63, 3.8) is 0 Å². The first kappa shape index (κ1) is 17.2. The maximum absolute atomic E-state index is 13.9. The Bertz CT molecular complexity index is 1100. The van der Waals surface area contributed by atoms with Crippen molar-refractivity contribution >= 4 is 16.9 Å². The molecule has 1 aromatic heterocycles. The molecule has 0 bridgehead atoms. The van der Waals surface area contributed by atoms with Crippen LogP contribution in [0.5, 0.6) is 5.75 Å². The highest BCUT2D eigenvalue weighted by atomic mass is 19.1. The van der Waals surface area contributed by atoms with Crippen LogP contribution < -0.4 is 10.4 Å². The molecule has 4 rings (SSSR count). The number of benzene rings is 2. The highest BCUT2D eigenvalue weighted by molar-refractivity contribution is 5.95. The molecule has 1 aliphatic rings. The SMILES string of the molecule is COc1ccc2c3c(c(=O)oc2c1)CN(C(=O)c1c(F)cccc1F)CC3. The highest BCUT2D eigenvalue weighted by Gasteiger charge is 2.29. The smallest absolute Gasteiger partial charge is 0.341 e. The molecule has 7 heteroatoms. The third kappa shape index (κ3) is 2.85. The van der Waals surface area contributed by atoms with Gasteiger partial charge in [-0.15, -0.1) is 0 Å². The van der Waals surface area contributed by atoms with Crippen LogP contribution in [0.15, 0.2) is 45.6 Å². The number of hydrogen-bond donors (Lipinski definition) is 0. The molecule has 0 radical (unpaired) electrons. The lowest BCUT2D eigenvalue weighted by Gasteiger charge is -2.29. The Morgan fingerprint density at radius 1 is 1.15 bits per heavy atom. The van der Waals surface area contributed by atoms with Gasteiger partial charge in [0.05, 0.1) is 19.2 Å². The first-order chi connectivity index (χ1) is 13.0. The lowest BCUT2D eigenvalue weighted by Crippen LogP contribution is -2.39. The second-order valence-electron chi connectivity index (χ2n) is 6.28. The van der Waals surface area contributed by atoms with Crippen molar-refractivity contribution in [1.29, 1.82) is 0 Å². The molecule has 138 valence electrons. The van der Waals surface area contributed by atoms with E-state index in [1.54, 1.807) is 18.2 Å². The monoisotopic (exact) mass is 371 g/mol. The molecule has 2 heterocycles. The maximum atomic E-state index is 13.9. The number of hydrogen-bond acceptors (Lipinski definition) is 4. The van der Waals surface area contributed by atoms with Gasteiger partial charge in [-0.2, -0.15) is 0 Å². The molecule has 5 nitrogen and oxygen atoms in total. The van der Waals surface area contributed by atoms with Crippen LogP contribution in [-0.4, -0.2) is 24.5 Å². The van der Waals surface area contributed by atoms with E-state index in [-0.39, 0.29) is 13.1 Å². The predicted molar refractivity (Wildman–Crippen MR) is 93.8 cm³/mol. The number of nitrogens with zero attached hydrogens (tertiary/aromatic N) is 1. The summed E-state index contributed by atoms with van der Waals surface area (Å²) in [5.41, 5.74) is 0.317. The number of amides is 1. The third-order valence-corrected chi connectivity index (χ3v) is 4.77. The third-order valence-electron chi connectivity index (χ3n) is 4.77. The van der Waals surface area contributed by atoms with E-state index >= 15 is 0 Å². The lowest BCUT2D eigenvalue weighted by molar-refractivity contribution is 0.0723. The van der Waals surface area contributed by atoms with Gasteiger partial charge in [-0.3, -0.25) is 4.79 Å². The first-order valence-corrected chi connectivity index (χ1v) is 8.35. The molecule has 0 atom stereocenters. The van der Waals surface area contributed by atoms with Gasteiger partial charge in [-0.05, 0) is 36.2 Å². The van der Waals surface area contributed by atoms with Crippen LogP contribution in [0.3, 0.4) is 0 Å². The summed E-state index contributed by atoms with van der Waals surface area (Å²) >= 11 is 0. The Labute approximate surface area is 152 Å². The van der Waals surface area contributed by atoms with E-state index in [4.69, 9.17) is 9.15 Å². The number of ether oxygens (including phenoxy) is 1. The number of carbonyl (C=O) groups excluding carboxylic acids is 1. The molecule has 0 fully saturated rings. The molecule has 27 heavy (non-hydrogen) atoms. The molecule has 3 aromatic rings. The van der Waals surface area contributed by atoms with E-state index in [1.807, 2.05) is 0 Å². The van der Waals surface area contributed by atoms with Crippen LogP contribution in [0.4, 0.5) is 8.78 Å². The Balaban J connectivity index is 1.74. The quantitative estimate of drug-likeness (QED) is 0.649. The van der Waals surface area contributed by atoms with E-state index in [9.17, 15) is 18.4 Å². The highest BCUT2D eigenvalue weighted by Crippen LogP contribution is 2.29. The Morgan fingerprint density at radius 3 is 2.59 bits per heavy atom. The first-order valence-electron chi connectivity index (χ1n) is 8.35. The fraction of sp³-hybridized carbons (Fsp3) is 0.200. The minimum atomic E-state index is -0.927. The second-order valence-corrected chi connectivity index (χ2v) is 6.28. The van der Waals surface area contributed by atoms with Crippen LogP contribution in [-0.2, 0) is 13.0 Å². The molecule has 0 aliphatic carbocycles. The summed E-state index contributed by atoms with van der Waals surface area (Å²) in [6.45, 7) is 0.177. The molecular formula is C20H15F2NO4. The van der Waals surface area contributed by atoms with Gasteiger partial charge < -0.3 is 14.1 Å². The zero-order valence-corrected chi connectivity index (χ0v) is 14.4. The molecule has 0 N–H and O–H groups in total. The topological polar surface area (TPSA) is 59.8 Å². The van der Waals surface area contributed by atoms with E-state index < -0.39 is 28.7 Å². The van der Waals surface area contributed by atoms with E-state index in [2.05, 4.69) is 0 Å². The summed E-state index contributed by atoms with van der Waals surface area (Å²) in [7, 11) is 1.52. The van der Waals surface area contributed by atoms with Crippen molar-refractivity contribution in [2.24, 2.45) is 0 Å². The summed E-state index contributed by atoms with van der Waals surface area (Å²) in [5.74, 6) is -2.08. The Kier molecular flexibility index (Phi) is 4.14.